The average molecular weight is 574 g/mol. The van der Waals surface area contributed by atoms with Crippen molar-refractivity contribution in [1.29, 1.82) is 0 Å². The average Bonchev–Trinajstić information content (AvgIpc) is 3.28. The number of hydrogen-bond donors (Lipinski definition) is 3. The largest absolute Gasteiger partial charge is 0.508 e. The first-order valence-electron chi connectivity index (χ1n) is 12.4. The minimum atomic E-state index is -0.481. The Morgan fingerprint density at radius 1 is 0.850 bits per heavy atom. The minimum absolute atomic E-state index is 0.202. The van der Waals surface area contributed by atoms with E-state index in [1.807, 2.05) is 34.6 Å². The fourth-order valence-electron chi connectivity index (χ4n) is 3.88. The zero-order valence-electron chi connectivity index (χ0n) is 24.6. The molecule has 7 nitrogen and oxygen atoms in total. The number of methoxy groups -OCH3 is 2. The lowest BCUT2D eigenvalue weighted by Crippen LogP contribution is -2.10. The van der Waals surface area contributed by atoms with Gasteiger partial charge in [0.15, 0.2) is 5.82 Å². The van der Waals surface area contributed by atoms with Crippen molar-refractivity contribution in [2.45, 2.75) is 55.4 Å². The molecule has 4 aromatic rings. The van der Waals surface area contributed by atoms with Crippen molar-refractivity contribution in [2.75, 3.05) is 25.3 Å². The Labute approximate surface area is 238 Å². The van der Waals surface area contributed by atoms with Gasteiger partial charge in [-0.25, -0.2) is 13.8 Å². The zero-order valence-corrected chi connectivity index (χ0v) is 25.4. The van der Waals surface area contributed by atoms with Crippen LogP contribution < -0.4 is 20.5 Å². The topological polar surface area (TPSA) is 107 Å². The molecule has 0 saturated heterocycles. The van der Waals surface area contributed by atoms with Crippen LogP contribution in [0.5, 0.6) is 17.2 Å². The highest BCUT2D eigenvalue weighted by atomic mass is 32.1. The predicted octanol–water partition coefficient (Wildman–Crippen LogP) is 7.37. The van der Waals surface area contributed by atoms with Crippen molar-refractivity contribution in [3.63, 3.8) is 0 Å². The van der Waals surface area contributed by atoms with Crippen LogP contribution in [-0.4, -0.2) is 30.2 Å². The van der Waals surface area contributed by atoms with E-state index < -0.39 is 11.6 Å². The molecule has 0 aliphatic carbocycles. The molecule has 3 aromatic carbocycles. The Hall–Kier alpha value is -3.92. The van der Waals surface area contributed by atoms with Gasteiger partial charge in [-0.3, -0.25) is 4.79 Å². The number of nitrogen functional groups attached to an aromatic ring is 1. The number of benzene rings is 3. The molecule has 0 radical (unpaired) electrons. The first-order chi connectivity index (χ1) is 18.6. The SMILES string of the molecule is COc1cc(F)c(N)c(C)c1C.COc1cc(F)c(NC(C)=O)c(C)c1C.Cc1nc2c(C)c(C)c(O)cc2s1. The number of aryl methyl sites for hydroxylation is 2. The smallest absolute Gasteiger partial charge is 0.221 e. The van der Waals surface area contributed by atoms with E-state index in [1.165, 1.54) is 33.3 Å². The number of halogens is 2. The molecular formula is C30H37F2N3O4S. The van der Waals surface area contributed by atoms with Gasteiger partial charge in [0.1, 0.15) is 23.1 Å². The summed E-state index contributed by atoms with van der Waals surface area (Å²) >= 11 is 1.62. The molecule has 216 valence electrons. The summed E-state index contributed by atoms with van der Waals surface area (Å²) in [5, 5.41) is 13.1. The van der Waals surface area contributed by atoms with E-state index in [0.717, 1.165) is 43.0 Å². The van der Waals surface area contributed by atoms with Gasteiger partial charge in [0.25, 0.3) is 0 Å². The zero-order chi connectivity index (χ0) is 30.5. The quantitative estimate of drug-likeness (QED) is 0.221. The number of amides is 1. The van der Waals surface area contributed by atoms with Crippen LogP contribution in [0, 0.1) is 60.1 Å². The lowest BCUT2D eigenvalue weighted by molar-refractivity contribution is -0.114. The Morgan fingerprint density at radius 2 is 1.38 bits per heavy atom. The van der Waals surface area contributed by atoms with Crippen molar-refractivity contribution in [2.24, 2.45) is 0 Å². The van der Waals surface area contributed by atoms with Crippen LogP contribution in [0.25, 0.3) is 10.2 Å². The molecule has 1 amide bonds. The molecule has 0 aliphatic rings. The van der Waals surface area contributed by atoms with Crippen molar-refractivity contribution in [1.82, 2.24) is 4.98 Å². The summed E-state index contributed by atoms with van der Waals surface area (Å²) in [5.74, 6) is 0.202. The number of phenolic OH excluding ortho intramolecular Hbond substituents is 1. The number of anilines is 2. The number of nitrogens with one attached hydrogen (secondary N) is 1. The maximum atomic E-state index is 13.5. The van der Waals surface area contributed by atoms with E-state index in [0.29, 0.717) is 22.8 Å². The Morgan fingerprint density at radius 3 is 1.90 bits per heavy atom. The molecule has 0 bridgehead atoms. The Bertz CT molecular complexity index is 1550. The molecule has 0 unspecified atom stereocenters. The fraction of sp³-hybridized carbons (Fsp3) is 0.333. The van der Waals surface area contributed by atoms with Gasteiger partial charge in [-0.1, -0.05) is 0 Å². The third-order valence-electron chi connectivity index (χ3n) is 6.73. The van der Waals surface area contributed by atoms with Gasteiger partial charge < -0.3 is 25.6 Å². The van der Waals surface area contributed by atoms with Crippen molar-refractivity contribution in [3.05, 3.63) is 68.2 Å². The molecule has 0 aliphatic heterocycles. The molecule has 40 heavy (non-hydrogen) atoms. The lowest BCUT2D eigenvalue weighted by Gasteiger charge is -2.13. The maximum absolute atomic E-state index is 13.5. The normalized spacial score (nSPS) is 10.3. The van der Waals surface area contributed by atoms with Crippen LogP contribution in [-0.2, 0) is 4.79 Å². The molecule has 1 aromatic heterocycles. The number of rotatable bonds is 3. The van der Waals surface area contributed by atoms with Gasteiger partial charge >= 0.3 is 0 Å². The molecular weight excluding hydrogens is 536 g/mol. The van der Waals surface area contributed by atoms with Crippen LogP contribution in [0.4, 0.5) is 20.2 Å². The number of fused-ring (bicyclic) bond motifs is 1. The molecule has 0 spiro atoms. The van der Waals surface area contributed by atoms with E-state index in [4.69, 9.17) is 15.2 Å². The van der Waals surface area contributed by atoms with E-state index in [9.17, 15) is 18.7 Å². The van der Waals surface area contributed by atoms with Gasteiger partial charge in [0.05, 0.1) is 40.8 Å². The van der Waals surface area contributed by atoms with Crippen molar-refractivity contribution < 1.29 is 28.2 Å². The minimum Gasteiger partial charge on any atom is -0.508 e. The van der Waals surface area contributed by atoms with Crippen LogP contribution >= 0.6 is 11.3 Å². The number of hydrogen-bond acceptors (Lipinski definition) is 7. The summed E-state index contributed by atoms with van der Waals surface area (Å²) in [4.78, 5) is 15.3. The van der Waals surface area contributed by atoms with Gasteiger partial charge in [-0.15, -0.1) is 11.3 Å². The van der Waals surface area contributed by atoms with Gasteiger partial charge in [-0.2, -0.15) is 0 Å². The summed E-state index contributed by atoms with van der Waals surface area (Å²) in [5.41, 5.74) is 12.1. The van der Waals surface area contributed by atoms with Crippen molar-refractivity contribution >= 4 is 38.8 Å². The second-order valence-electron chi connectivity index (χ2n) is 9.32. The highest BCUT2D eigenvalue weighted by molar-refractivity contribution is 7.18. The number of aromatic nitrogens is 1. The highest BCUT2D eigenvalue weighted by Crippen LogP contribution is 2.32. The Balaban J connectivity index is 0.000000211. The molecule has 0 atom stereocenters. The third-order valence-corrected chi connectivity index (χ3v) is 7.64. The number of carbonyl (C=O) groups is 1. The lowest BCUT2D eigenvalue weighted by atomic mass is 10.1. The molecule has 1 heterocycles. The monoisotopic (exact) mass is 573 g/mol. The number of nitrogens with zero attached hydrogens (tertiary/aromatic N) is 1. The number of aromatic hydroxyl groups is 1. The number of phenols is 1. The van der Waals surface area contributed by atoms with E-state index in [-0.39, 0.29) is 17.3 Å². The standard InChI is InChI=1S/C11H14FNO2.C10H11NOS.C9H12FNO/c1-6-7(2)11(13-8(3)14)9(12)5-10(6)15-4;1-5-6(2)10-9(4-8(5)12)13-7(3)11-10;1-5-6(2)9(11)7(10)4-8(5)12-3/h5H,1-4H3,(H,13,14);4,12H,1-3H3;4H,11H2,1-3H3. The first-order valence-corrected chi connectivity index (χ1v) is 13.2. The second-order valence-corrected chi connectivity index (χ2v) is 10.6. The van der Waals surface area contributed by atoms with Gasteiger partial charge in [0, 0.05) is 19.1 Å². The molecule has 4 rings (SSSR count). The summed E-state index contributed by atoms with van der Waals surface area (Å²) in [7, 11) is 3.00. The van der Waals surface area contributed by atoms with Crippen LogP contribution in [0.2, 0.25) is 0 Å². The predicted molar refractivity (Wildman–Crippen MR) is 159 cm³/mol. The third kappa shape index (κ3) is 7.18. The number of nitrogens with two attached hydrogens (primary N) is 1. The summed E-state index contributed by atoms with van der Waals surface area (Å²) in [6, 6.07) is 4.37. The van der Waals surface area contributed by atoms with Gasteiger partial charge in [-0.05, 0) is 87.9 Å². The van der Waals surface area contributed by atoms with Crippen LogP contribution in [0.15, 0.2) is 18.2 Å². The second kappa shape index (κ2) is 13.4. The summed E-state index contributed by atoms with van der Waals surface area (Å²) < 4.78 is 37.6. The van der Waals surface area contributed by atoms with E-state index >= 15 is 0 Å². The van der Waals surface area contributed by atoms with E-state index in [2.05, 4.69) is 10.3 Å². The summed E-state index contributed by atoms with van der Waals surface area (Å²) in [6.07, 6.45) is 0. The van der Waals surface area contributed by atoms with Crippen molar-refractivity contribution in [3.8, 4) is 17.2 Å². The van der Waals surface area contributed by atoms with E-state index in [1.54, 1.807) is 31.3 Å². The molecule has 10 heteroatoms. The first kappa shape index (κ1) is 32.3. The fourth-order valence-corrected chi connectivity index (χ4v) is 4.80. The Kier molecular flexibility index (Phi) is 10.8. The maximum Gasteiger partial charge on any atom is 0.221 e. The molecule has 0 fully saturated rings. The molecule has 0 saturated carbocycles. The highest BCUT2D eigenvalue weighted by Gasteiger charge is 2.14. The van der Waals surface area contributed by atoms with Crippen LogP contribution in [0.3, 0.4) is 0 Å². The summed E-state index contributed by atoms with van der Waals surface area (Å²) in [6.45, 7) is 14.4. The van der Waals surface area contributed by atoms with Gasteiger partial charge in [0.2, 0.25) is 5.91 Å². The number of ether oxygens (including phenoxy) is 2. The van der Waals surface area contributed by atoms with Crippen LogP contribution in [0.1, 0.15) is 45.3 Å². The molecule has 4 N–H and O–H groups in total. The number of thiazole rings is 1. The number of carbonyl (C=O) groups excluding carboxylic acids is 1.